The van der Waals surface area contributed by atoms with Crippen LogP contribution in [-0.4, -0.2) is 9.97 Å². The standard InChI is InChI=1S/C50H30Cl2N2/c51-41-27-33-19-9-7-17-31(33)25-39(41)35-21-11-23-37-45-43(29-13-3-1-4-14-29)49-46(44(50(45)54-47(35)37)30-15-5-2-6-16-30)38-24-12-22-36(48(38)53-49)40-26-32-18-8-10-20-34(32)28-42(40)52/h1-28,53-54H. The third kappa shape index (κ3) is 4.67. The predicted octanol–water partition coefficient (Wildman–Crippen LogP) is 15.2. The Balaban J connectivity index is 1.31. The topological polar surface area (TPSA) is 31.6 Å². The van der Waals surface area contributed by atoms with Gasteiger partial charge in [-0.25, -0.2) is 0 Å². The molecule has 0 aliphatic heterocycles. The first-order valence-electron chi connectivity index (χ1n) is 18.2. The number of aromatic nitrogens is 2. The molecule has 0 radical (unpaired) electrons. The van der Waals surface area contributed by atoms with E-state index in [1.54, 1.807) is 0 Å². The fourth-order valence-electron chi connectivity index (χ4n) is 8.65. The van der Waals surface area contributed by atoms with Gasteiger partial charge in [-0.05, 0) is 56.9 Å². The van der Waals surface area contributed by atoms with E-state index >= 15 is 0 Å². The maximum atomic E-state index is 7.10. The second-order valence-corrected chi connectivity index (χ2v) is 14.9. The van der Waals surface area contributed by atoms with Crippen molar-refractivity contribution in [1.29, 1.82) is 0 Å². The van der Waals surface area contributed by atoms with Crippen LogP contribution in [0.3, 0.4) is 0 Å². The molecule has 0 aliphatic carbocycles. The quantitative estimate of drug-likeness (QED) is 0.181. The van der Waals surface area contributed by atoms with E-state index in [4.69, 9.17) is 23.2 Å². The van der Waals surface area contributed by atoms with Gasteiger partial charge in [0.1, 0.15) is 0 Å². The summed E-state index contributed by atoms with van der Waals surface area (Å²) in [5, 5.41) is 10.6. The first-order chi connectivity index (χ1) is 26.6. The molecule has 0 unspecified atom stereocenters. The third-order valence-corrected chi connectivity index (χ3v) is 11.7. The fraction of sp³-hybridized carbons (Fsp3) is 0. The lowest BCUT2D eigenvalue weighted by atomic mass is 9.89. The molecule has 11 aromatic rings. The summed E-state index contributed by atoms with van der Waals surface area (Å²) in [6.45, 7) is 0. The zero-order valence-electron chi connectivity index (χ0n) is 28.9. The Morgan fingerprint density at radius 1 is 0.315 bits per heavy atom. The molecule has 54 heavy (non-hydrogen) atoms. The van der Waals surface area contributed by atoms with Gasteiger partial charge in [0, 0.05) is 65.0 Å². The Hall–Kier alpha value is -6.32. The molecule has 2 heterocycles. The molecule has 0 atom stereocenters. The number of fused-ring (bicyclic) bond motifs is 8. The molecule has 2 nitrogen and oxygen atoms in total. The number of benzene rings is 9. The summed E-state index contributed by atoms with van der Waals surface area (Å²) >= 11 is 14.2. The van der Waals surface area contributed by atoms with Gasteiger partial charge in [0.05, 0.1) is 22.1 Å². The molecule has 2 N–H and O–H groups in total. The van der Waals surface area contributed by atoms with E-state index < -0.39 is 0 Å². The van der Waals surface area contributed by atoms with E-state index in [1.807, 2.05) is 0 Å². The highest BCUT2D eigenvalue weighted by molar-refractivity contribution is 6.37. The van der Waals surface area contributed by atoms with Gasteiger partial charge in [0.2, 0.25) is 0 Å². The van der Waals surface area contributed by atoms with Gasteiger partial charge in [0.25, 0.3) is 0 Å². The van der Waals surface area contributed by atoms with Crippen molar-refractivity contribution in [1.82, 2.24) is 9.97 Å². The minimum atomic E-state index is 0.726. The van der Waals surface area contributed by atoms with Gasteiger partial charge in [-0.1, -0.05) is 169 Å². The second-order valence-electron chi connectivity index (χ2n) is 14.0. The molecule has 0 fully saturated rings. The van der Waals surface area contributed by atoms with Crippen LogP contribution in [0.1, 0.15) is 0 Å². The van der Waals surface area contributed by atoms with Gasteiger partial charge in [-0.15, -0.1) is 0 Å². The number of aromatic amines is 2. The number of halogens is 2. The van der Waals surface area contributed by atoms with Crippen molar-refractivity contribution in [2.75, 3.05) is 0 Å². The van der Waals surface area contributed by atoms with Crippen molar-refractivity contribution in [3.05, 3.63) is 180 Å². The van der Waals surface area contributed by atoms with Crippen molar-refractivity contribution < 1.29 is 0 Å². The largest absolute Gasteiger partial charge is 0.353 e. The Bertz CT molecular complexity index is 3060. The first-order valence-corrected chi connectivity index (χ1v) is 18.9. The zero-order valence-corrected chi connectivity index (χ0v) is 30.4. The predicted molar refractivity (Wildman–Crippen MR) is 232 cm³/mol. The summed E-state index contributed by atoms with van der Waals surface area (Å²) in [6, 6.07) is 60.0. The summed E-state index contributed by atoms with van der Waals surface area (Å²) in [4.78, 5) is 8.05. The summed E-state index contributed by atoms with van der Waals surface area (Å²) in [5.41, 5.74) is 13.0. The van der Waals surface area contributed by atoms with Gasteiger partial charge < -0.3 is 9.97 Å². The van der Waals surface area contributed by atoms with E-state index in [2.05, 4.69) is 180 Å². The molecule has 11 rings (SSSR count). The smallest absolute Gasteiger partial charge is 0.0558 e. The van der Waals surface area contributed by atoms with Crippen molar-refractivity contribution >= 4 is 88.4 Å². The maximum absolute atomic E-state index is 7.10. The highest BCUT2D eigenvalue weighted by atomic mass is 35.5. The molecule has 9 aromatic carbocycles. The second kappa shape index (κ2) is 12.1. The minimum Gasteiger partial charge on any atom is -0.353 e. The number of H-pyrrole nitrogens is 2. The fourth-order valence-corrected chi connectivity index (χ4v) is 9.20. The molecule has 4 heteroatoms. The molecular formula is C50H30Cl2N2. The minimum absolute atomic E-state index is 0.726. The average Bonchev–Trinajstić information content (AvgIpc) is 3.79. The number of hydrogen-bond acceptors (Lipinski definition) is 0. The molecule has 254 valence electrons. The highest BCUT2D eigenvalue weighted by Gasteiger charge is 2.26. The maximum Gasteiger partial charge on any atom is 0.0558 e. The summed E-state index contributed by atoms with van der Waals surface area (Å²) < 4.78 is 0. The van der Waals surface area contributed by atoms with E-state index in [1.165, 1.54) is 0 Å². The van der Waals surface area contributed by atoms with Gasteiger partial charge in [0.15, 0.2) is 0 Å². The van der Waals surface area contributed by atoms with E-state index in [0.29, 0.717) is 0 Å². The van der Waals surface area contributed by atoms with Crippen LogP contribution in [0.15, 0.2) is 170 Å². The number of nitrogens with one attached hydrogen (secondary N) is 2. The molecule has 0 spiro atoms. The van der Waals surface area contributed by atoms with E-state index in [0.717, 1.165) is 120 Å². The van der Waals surface area contributed by atoms with E-state index in [9.17, 15) is 0 Å². The van der Waals surface area contributed by atoms with Gasteiger partial charge >= 0.3 is 0 Å². The highest BCUT2D eigenvalue weighted by Crippen LogP contribution is 2.51. The van der Waals surface area contributed by atoms with Crippen LogP contribution in [0.2, 0.25) is 10.0 Å². The van der Waals surface area contributed by atoms with Gasteiger partial charge in [-0.2, -0.15) is 0 Å². The van der Waals surface area contributed by atoms with Crippen LogP contribution in [0.4, 0.5) is 0 Å². The Morgan fingerprint density at radius 2 is 0.685 bits per heavy atom. The average molecular weight is 730 g/mol. The Kier molecular flexibility index (Phi) is 7.00. The van der Waals surface area contributed by atoms with Crippen LogP contribution in [-0.2, 0) is 0 Å². The normalized spacial score (nSPS) is 11.9. The summed E-state index contributed by atoms with van der Waals surface area (Å²) in [5.74, 6) is 0. The third-order valence-electron chi connectivity index (χ3n) is 11.0. The van der Waals surface area contributed by atoms with Crippen molar-refractivity contribution in [2.45, 2.75) is 0 Å². The lowest BCUT2D eigenvalue weighted by Gasteiger charge is -2.13. The zero-order chi connectivity index (χ0) is 35.9. The Labute approximate surface area is 321 Å². The Morgan fingerprint density at radius 3 is 1.09 bits per heavy atom. The van der Waals surface area contributed by atoms with Crippen molar-refractivity contribution in [3.63, 3.8) is 0 Å². The van der Waals surface area contributed by atoms with Crippen molar-refractivity contribution in [2.24, 2.45) is 0 Å². The lowest BCUT2D eigenvalue weighted by molar-refractivity contribution is 1.52. The molecule has 0 saturated heterocycles. The van der Waals surface area contributed by atoms with Crippen LogP contribution in [0.5, 0.6) is 0 Å². The SMILES string of the molecule is Clc1cc2ccccc2cc1-c1cccc2c1[nH]c1c(-c3ccccc3)c3c([nH]c4c(-c5cc6ccccc6cc5Cl)cccc43)c(-c3ccccc3)c12. The van der Waals surface area contributed by atoms with Crippen LogP contribution in [0, 0.1) is 0 Å². The molecule has 0 saturated carbocycles. The first kappa shape index (κ1) is 31.2. The number of para-hydroxylation sites is 2. The summed E-state index contributed by atoms with van der Waals surface area (Å²) in [7, 11) is 0. The molecular weight excluding hydrogens is 699 g/mol. The lowest BCUT2D eigenvalue weighted by Crippen LogP contribution is -1.88. The molecule has 0 bridgehead atoms. The van der Waals surface area contributed by atoms with Crippen molar-refractivity contribution in [3.8, 4) is 44.5 Å². The van der Waals surface area contributed by atoms with Crippen LogP contribution < -0.4 is 0 Å². The molecule has 0 aliphatic rings. The number of rotatable bonds is 4. The molecule has 2 aromatic heterocycles. The summed E-state index contributed by atoms with van der Waals surface area (Å²) in [6.07, 6.45) is 0. The molecule has 0 amide bonds. The number of hydrogen-bond donors (Lipinski definition) is 2. The monoisotopic (exact) mass is 728 g/mol. The van der Waals surface area contributed by atoms with E-state index in [-0.39, 0.29) is 0 Å². The van der Waals surface area contributed by atoms with Crippen LogP contribution in [0.25, 0.3) is 110 Å². The van der Waals surface area contributed by atoms with Gasteiger partial charge in [-0.3, -0.25) is 0 Å². The van der Waals surface area contributed by atoms with Crippen LogP contribution >= 0.6 is 23.2 Å².